The van der Waals surface area contributed by atoms with Crippen molar-refractivity contribution in [2.24, 2.45) is 0 Å². The summed E-state index contributed by atoms with van der Waals surface area (Å²) in [6.07, 6.45) is 3.03. The maximum atomic E-state index is 11.9. The predicted molar refractivity (Wildman–Crippen MR) is 82.4 cm³/mol. The summed E-state index contributed by atoms with van der Waals surface area (Å²) < 4.78 is 0.935. The summed E-state index contributed by atoms with van der Waals surface area (Å²) in [6, 6.07) is 16.3. The molecule has 20 heavy (non-hydrogen) atoms. The van der Waals surface area contributed by atoms with Gasteiger partial charge in [0.1, 0.15) is 0 Å². The van der Waals surface area contributed by atoms with E-state index >= 15 is 0 Å². The smallest absolute Gasteiger partial charge is 0.187 e. The number of rotatable bonds is 4. The minimum atomic E-state index is -0.0820. The highest BCUT2D eigenvalue weighted by atomic mass is 79.9. The minimum absolute atomic E-state index is 0.0820. The van der Waals surface area contributed by atoms with Crippen LogP contribution in [-0.4, -0.2) is 5.78 Å². The molecular weight excluding hydrogens is 316 g/mol. The van der Waals surface area contributed by atoms with Gasteiger partial charge in [-0.3, -0.25) is 4.79 Å². The largest absolute Gasteiger partial charge is 0.362 e. The average Bonchev–Trinajstić information content (AvgIpc) is 2.48. The number of anilines is 1. The van der Waals surface area contributed by atoms with Crippen molar-refractivity contribution >= 4 is 27.4 Å². The van der Waals surface area contributed by atoms with Crippen LogP contribution in [-0.2, 0) is 0 Å². The van der Waals surface area contributed by atoms with Crippen LogP contribution in [0.2, 0.25) is 0 Å². The van der Waals surface area contributed by atoms with Gasteiger partial charge in [0.05, 0.1) is 11.6 Å². The lowest BCUT2D eigenvalue weighted by atomic mass is 10.1. The van der Waals surface area contributed by atoms with E-state index in [1.807, 2.05) is 18.2 Å². The molecule has 98 valence electrons. The van der Waals surface area contributed by atoms with Crippen molar-refractivity contribution in [3.8, 4) is 6.07 Å². The summed E-state index contributed by atoms with van der Waals surface area (Å²) in [5, 5.41) is 11.8. The zero-order valence-corrected chi connectivity index (χ0v) is 12.1. The molecule has 0 aliphatic heterocycles. The maximum Gasteiger partial charge on any atom is 0.187 e. The molecule has 2 rings (SSSR count). The van der Waals surface area contributed by atoms with E-state index in [0.717, 1.165) is 10.2 Å². The highest BCUT2D eigenvalue weighted by Crippen LogP contribution is 2.12. The van der Waals surface area contributed by atoms with Crippen LogP contribution in [0, 0.1) is 11.3 Å². The van der Waals surface area contributed by atoms with E-state index in [4.69, 9.17) is 5.26 Å². The molecule has 0 aliphatic rings. The lowest BCUT2D eigenvalue weighted by molar-refractivity contribution is 0.104. The molecule has 0 aliphatic carbocycles. The summed E-state index contributed by atoms with van der Waals surface area (Å²) in [5.41, 5.74) is 1.96. The standard InChI is InChI=1S/C16H11BrN2O/c17-14-6-4-13(5-7-14)16(20)8-9-19-15-3-1-2-12(10-15)11-18/h1-10,19H. The number of carbonyl (C=O) groups excluding carboxylic acids is 1. The Kier molecular flexibility index (Phi) is 4.70. The van der Waals surface area contributed by atoms with Gasteiger partial charge in [-0.2, -0.15) is 5.26 Å². The van der Waals surface area contributed by atoms with Gasteiger partial charge in [-0.05, 0) is 42.5 Å². The molecule has 0 fully saturated rings. The SMILES string of the molecule is N#Cc1cccc(NC=CC(=O)c2ccc(Br)cc2)c1. The summed E-state index contributed by atoms with van der Waals surface area (Å²) >= 11 is 3.32. The summed E-state index contributed by atoms with van der Waals surface area (Å²) in [6.45, 7) is 0. The number of allylic oxidation sites excluding steroid dienone is 1. The van der Waals surface area contributed by atoms with Crippen LogP contribution in [0.25, 0.3) is 0 Å². The number of ketones is 1. The van der Waals surface area contributed by atoms with E-state index < -0.39 is 0 Å². The van der Waals surface area contributed by atoms with Gasteiger partial charge in [0.15, 0.2) is 5.78 Å². The van der Waals surface area contributed by atoms with Crippen molar-refractivity contribution < 1.29 is 4.79 Å². The van der Waals surface area contributed by atoms with Gasteiger partial charge in [-0.15, -0.1) is 0 Å². The van der Waals surface area contributed by atoms with Gasteiger partial charge in [-0.25, -0.2) is 0 Å². The Morgan fingerprint density at radius 2 is 1.95 bits per heavy atom. The molecule has 0 heterocycles. The lowest BCUT2D eigenvalue weighted by Crippen LogP contribution is -1.96. The molecule has 0 amide bonds. The fourth-order valence-electron chi connectivity index (χ4n) is 1.60. The Labute approximate surface area is 125 Å². The molecule has 0 spiro atoms. The molecule has 3 nitrogen and oxygen atoms in total. The van der Waals surface area contributed by atoms with Crippen molar-refractivity contribution in [1.82, 2.24) is 0 Å². The van der Waals surface area contributed by atoms with Crippen LogP contribution in [0.3, 0.4) is 0 Å². The van der Waals surface area contributed by atoms with E-state index in [0.29, 0.717) is 11.1 Å². The summed E-state index contributed by atoms with van der Waals surface area (Å²) in [5.74, 6) is -0.0820. The van der Waals surface area contributed by atoms with Crippen molar-refractivity contribution in [2.75, 3.05) is 5.32 Å². The zero-order chi connectivity index (χ0) is 14.4. The number of carbonyl (C=O) groups is 1. The van der Waals surface area contributed by atoms with Gasteiger partial charge in [0.25, 0.3) is 0 Å². The van der Waals surface area contributed by atoms with Crippen LogP contribution >= 0.6 is 15.9 Å². The van der Waals surface area contributed by atoms with Crippen LogP contribution in [0.4, 0.5) is 5.69 Å². The van der Waals surface area contributed by atoms with Gasteiger partial charge >= 0.3 is 0 Å². The molecule has 0 aromatic heterocycles. The Bertz CT molecular complexity index is 684. The fourth-order valence-corrected chi connectivity index (χ4v) is 1.87. The molecule has 0 atom stereocenters. The molecule has 1 N–H and O–H groups in total. The number of hydrogen-bond donors (Lipinski definition) is 1. The third kappa shape index (κ3) is 3.81. The van der Waals surface area contributed by atoms with Gasteiger partial charge < -0.3 is 5.32 Å². The first-order valence-corrected chi connectivity index (χ1v) is 6.71. The maximum absolute atomic E-state index is 11.9. The van der Waals surface area contributed by atoms with E-state index in [1.54, 1.807) is 36.5 Å². The van der Waals surface area contributed by atoms with Crippen molar-refractivity contribution in [1.29, 1.82) is 5.26 Å². The van der Waals surface area contributed by atoms with Crippen molar-refractivity contribution in [3.63, 3.8) is 0 Å². The predicted octanol–water partition coefficient (Wildman–Crippen LogP) is 4.13. The molecule has 0 bridgehead atoms. The molecule has 0 unspecified atom stereocenters. The average molecular weight is 327 g/mol. The number of hydrogen-bond acceptors (Lipinski definition) is 3. The molecule has 2 aromatic rings. The van der Waals surface area contributed by atoms with E-state index in [-0.39, 0.29) is 5.78 Å². The molecule has 0 radical (unpaired) electrons. The number of benzene rings is 2. The Morgan fingerprint density at radius 1 is 1.20 bits per heavy atom. The van der Waals surface area contributed by atoms with E-state index in [9.17, 15) is 4.79 Å². The summed E-state index contributed by atoms with van der Waals surface area (Å²) in [4.78, 5) is 11.9. The first-order valence-electron chi connectivity index (χ1n) is 5.92. The highest BCUT2D eigenvalue weighted by molar-refractivity contribution is 9.10. The fraction of sp³-hybridized carbons (Fsp3) is 0. The number of nitrogens with one attached hydrogen (secondary N) is 1. The Morgan fingerprint density at radius 3 is 2.65 bits per heavy atom. The van der Waals surface area contributed by atoms with Crippen molar-refractivity contribution in [3.05, 3.63) is 76.4 Å². The normalized spacial score (nSPS) is 10.2. The number of halogens is 1. The second-order valence-electron chi connectivity index (χ2n) is 4.04. The monoisotopic (exact) mass is 326 g/mol. The lowest BCUT2D eigenvalue weighted by Gasteiger charge is -2.00. The van der Waals surface area contributed by atoms with Gasteiger partial charge in [-0.1, -0.05) is 22.0 Å². The Balaban J connectivity index is 2.01. The van der Waals surface area contributed by atoms with Crippen LogP contribution < -0.4 is 5.32 Å². The molecule has 4 heteroatoms. The van der Waals surface area contributed by atoms with Gasteiger partial charge in [0.2, 0.25) is 0 Å². The third-order valence-electron chi connectivity index (χ3n) is 2.61. The second-order valence-corrected chi connectivity index (χ2v) is 4.96. The van der Waals surface area contributed by atoms with Crippen LogP contribution in [0.5, 0.6) is 0 Å². The highest BCUT2D eigenvalue weighted by Gasteiger charge is 2.00. The number of nitrogens with zero attached hydrogens (tertiary/aromatic N) is 1. The molecule has 0 saturated carbocycles. The zero-order valence-electron chi connectivity index (χ0n) is 10.5. The quantitative estimate of drug-likeness (QED) is 0.678. The van der Waals surface area contributed by atoms with Crippen LogP contribution in [0.1, 0.15) is 15.9 Å². The first kappa shape index (κ1) is 14.0. The molecule has 0 saturated heterocycles. The topological polar surface area (TPSA) is 52.9 Å². The third-order valence-corrected chi connectivity index (χ3v) is 3.13. The first-order chi connectivity index (χ1) is 9.69. The Hall–Kier alpha value is -2.38. The van der Waals surface area contributed by atoms with E-state index in [1.165, 1.54) is 6.08 Å². The second kappa shape index (κ2) is 6.69. The van der Waals surface area contributed by atoms with Crippen molar-refractivity contribution in [2.45, 2.75) is 0 Å². The summed E-state index contributed by atoms with van der Waals surface area (Å²) in [7, 11) is 0. The van der Waals surface area contributed by atoms with E-state index in [2.05, 4.69) is 27.3 Å². The molecule has 2 aromatic carbocycles. The number of nitriles is 1. The molecular formula is C16H11BrN2O. The van der Waals surface area contributed by atoms with Crippen LogP contribution in [0.15, 0.2) is 65.3 Å². The minimum Gasteiger partial charge on any atom is -0.362 e. The van der Waals surface area contributed by atoms with Gasteiger partial charge in [0, 0.05) is 28.0 Å².